The highest BCUT2D eigenvalue weighted by atomic mass is 35.5. The molecule has 3 aromatic rings. The Kier molecular flexibility index (Phi) is 6.03. The lowest BCUT2D eigenvalue weighted by molar-refractivity contribution is -0.115. The number of hydrogen-bond donors (Lipinski definition) is 1. The van der Waals surface area contributed by atoms with Crippen LogP contribution in [-0.2, 0) is 22.6 Å². The second-order valence-electron chi connectivity index (χ2n) is 5.45. The Bertz CT molecular complexity index is 936. The molecule has 1 N–H and O–H groups in total. The number of aromatic nitrogens is 1. The van der Waals surface area contributed by atoms with E-state index < -0.39 is 5.97 Å². The van der Waals surface area contributed by atoms with Crippen molar-refractivity contribution >= 4 is 51.8 Å². The summed E-state index contributed by atoms with van der Waals surface area (Å²) in [5, 5.41) is 5.32. The van der Waals surface area contributed by atoms with Crippen LogP contribution in [-0.4, -0.2) is 16.9 Å². The number of anilines is 1. The first kappa shape index (κ1) is 18.6. The van der Waals surface area contributed by atoms with E-state index in [-0.39, 0.29) is 18.9 Å². The van der Waals surface area contributed by atoms with Gasteiger partial charge in [-0.05, 0) is 30.7 Å². The number of esters is 1. The lowest BCUT2D eigenvalue weighted by atomic mass is 10.2. The average molecular weight is 407 g/mol. The molecule has 0 saturated carbocycles. The Hall–Kier alpha value is -2.22. The summed E-state index contributed by atoms with van der Waals surface area (Å²) in [5.74, 6) is -0.570. The molecule has 0 saturated heterocycles. The number of para-hydroxylation sites is 1. The largest absolute Gasteiger partial charge is 0.455 e. The van der Waals surface area contributed by atoms with Crippen LogP contribution < -0.4 is 5.32 Å². The normalized spacial score (nSPS) is 10.5. The average Bonchev–Trinajstić information content (AvgIpc) is 3.24. The van der Waals surface area contributed by atoms with Gasteiger partial charge in [0.2, 0.25) is 5.91 Å². The number of halogens is 1. The van der Waals surface area contributed by atoms with Crippen molar-refractivity contribution in [3.8, 4) is 0 Å². The molecule has 0 aliphatic heterocycles. The third-order valence-corrected chi connectivity index (χ3v) is 5.56. The van der Waals surface area contributed by atoms with E-state index in [0.717, 1.165) is 11.3 Å². The van der Waals surface area contributed by atoms with Crippen LogP contribution in [0.25, 0.3) is 0 Å². The fourth-order valence-corrected chi connectivity index (χ4v) is 3.89. The zero-order valence-electron chi connectivity index (χ0n) is 13.8. The first-order chi connectivity index (χ1) is 12.5. The predicted molar refractivity (Wildman–Crippen MR) is 104 cm³/mol. The third kappa shape index (κ3) is 4.91. The van der Waals surface area contributed by atoms with Crippen LogP contribution >= 0.6 is 34.3 Å². The van der Waals surface area contributed by atoms with Crippen LogP contribution in [0.5, 0.6) is 0 Å². The quantitative estimate of drug-likeness (QED) is 0.602. The van der Waals surface area contributed by atoms with Crippen LogP contribution in [0.1, 0.15) is 25.9 Å². The summed E-state index contributed by atoms with van der Waals surface area (Å²) in [7, 11) is 0. The molecule has 0 spiro atoms. The van der Waals surface area contributed by atoms with Crippen LogP contribution in [0.3, 0.4) is 0 Å². The number of benzene rings is 1. The van der Waals surface area contributed by atoms with E-state index in [0.29, 0.717) is 19.9 Å². The van der Waals surface area contributed by atoms with E-state index in [1.165, 1.54) is 22.7 Å². The van der Waals surface area contributed by atoms with Gasteiger partial charge < -0.3 is 10.1 Å². The molecule has 3 rings (SSSR count). The van der Waals surface area contributed by atoms with Crippen LogP contribution in [0.4, 0.5) is 5.69 Å². The van der Waals surface area contributed by atoms with Gasteiger partial charge in [-0.2, -0.15) is 0 Å². The first-order valence-corrected chi connectivity index (χ1v) is 9.80. The fourth-order valence-electron chi connectivity index (χ4n) is 2.18. The summed E-state index contributed by atoms with van der Waals surface area (Å²) in [6.45, 7) is 2.00. The summed E-state index contributed by atoms with van der Waals surface area (Å²) in [4.78, 5) is 28.8. The molecule has 0 radical (unpaired) electrons. The molecule has 26 heavy (non-hydrogen) atoms. The monoisotopic (exact) mass is 406 g/mol. The smallest absolute Gasteiger partial charge is 0.348 e. The topological polar surface area (TPSA) is 68.3 Å². The molecule has 0 bridgehead atoms. The highest BCUT2D eigenvalue weighted by Crippen LogP contribution is 2.22. The van der Waals surface area contributed by atoms with E-state index in [4.69, 9.17) is 16.3 Å². The van der Waals surface area contributed by atoms with Crippen molar-refractivity contribution in [2.24, 2.45) is 0 Å². The molecule has 0 atom stereocenters. The standard InChI is InChI=1S/C18H15ClN2O3S2/c1-11-4-2-3-5-13(11)21-16(22)8-17-20-12(10-25-17)9-24-18(23)14-6-7-15(19)26-14/h2-7,10H,8-9H2,1H3,(H,21,22). The van der Waals surface area contributed by atoms with Gasteiger partial charge in [-0.1, -0.05) is 29.8 Å². The van der Waals surface area contributed by atoms with Crippen LogP contribution in [0.15, 0.2) is 41.8 Å². The van der Waals surface area contributed by atoms with E-state index in [1.807, 2.05) is 31.2 Å². The minimum atomic E-state index is -0.436. The molecule has 8 heteroatoms. The van der Waals surface area contributed by atoms with Crippen molar-refractivity contribution in [3.05, 3.63) is 67.3 Å². The second kappa shape index (κ2) is 8.44. The number of carbonyl (C=O) groups excluding carboxylic acids is 2. The van der Waals surface area contributed by atoms with Gasteiger partial charge in [-0.15, -0.1) is 22.7 Å². The summed E-state index contributed by atoms with van der Waals surface area (Å²) in [5.41, 5.74) is 2.41. The number of carbonyl (C=O) groups is 2. The maximum atomic E-state index is 12.2. The summed E-state index contributed by atoms with van der Waals surface area (Å²) in [6.07, 6.45) is 0.174. The number of nitrogens with zero attached hydrogens (tertiary/aromatic N) is 1. The van der Waals surface area contributed by atoms with Gasteiger partial charge in [0.25, 0.3) is 0 Å². The molecule has 5 nitrogen and oxygen atoms in total. The van der Waals surface area contributed by atoms with Crippen molar-refractivity contribution in [3.63, 3.8) is 0 Å². The SMILES string of the molecule is Cc1ccccc1NC(=O)Cc1nc(COC(=O)c2ccc(Cl)s2)cs1. The first-order valence-electron chi connectivity index (χ1n) is 7.72. The Labute approximate surface area is 163 Å². The molecule has 0 aliphatic rings. The molecular formula is C18H15ClN2O3S2. The van der Waals surface area contributed by atoms with Gasteiger partial charge in [-0.25, -0.2) is 9.78 Å². The second-order valence-corrected chi connectivity index (χ2v) is 8.11. The molecule has 1 aromatic carbocycles. The van der Waals surface area contributed by atoms with Gasteiger partial charge in [0.1, 0.15) is 16.5 Å². The van der Waals surface area contributed by atoms with Crippen LogP contribution in [0, 0.1) is 6.92 Å². The number of aryl methyl sites for hydroxylation is 1. The van der Waals surface area contributed by atoms with Gasteiger partial charge in [0.15, 0.2) is 0 Å². The number of thiophene rings is 1. The van der Waals surface area contributed by atoms with Crippen molar-refractivity contribution in [1.29, 1.82) is 0 Å². The Morgan fingerprint density at radius 3 is 2.77 bits per heavy atom. The Morgan fingerprint density at radius 2 is 2.04 bits per heavy atom. The van der Waals surface area contributed by atoms with Gasteiger partial charge in [0, 0.05) is 11.1 Å². The highest BCUT2D eigenvalue weighted by Gasteiger charge is 2.13. The molecule has 2 heterocycles. The minimum Gasteiger partial charge on any atom is -0.455 e. The molecule has 0 fully saturated rings. The predicted octanol–water partition coefficient (Wildman–Crippen LogP) is 4.70. The number of nitrogens with one attached hydrogen (secondary N) is 1. The summed E-state index contributed by atoms with van der Waals surface area (Å²) in [6, 6.07) is 10.9. The number of thiazole rings is 1. The molecule has 0 unspecified atom stereocenters. The molecule has 0 aliphatic carbocycles. The van der Waals surface area contributed by atoms with E-state index in [9.17, 15) is 9.59 Å². The Balaban J connectivity index is 1.52. The van der Waals surface area contributed by atoms with Crippen molar-refractivity contribution in [1.82, 2.24) is 4.98 Å². The fraction of sp³-hybridized carbons (Fsp3) is 0.167. The van der Waals surface area contributed by atoms with E-state index in [2.05, 4.69) is 10.3 Å². The zero-order valence-corrected chi connectivity index (χ0v) is 16.2. The third-order valence-electron chi connectivity index (χ3n) is 3.46. The number of ether oxygens (including phenoxy) is 1. The highest BCUT2D eigenvalue weighted by molar-refractivity contribution is 7.17. The van der Waals surface area contributed by atoms with Gasteiger partial charge in [-0.3, -0.25) is 4.79 Å². The number of rotatable bonds is 6. The lowest BCUT2D eigenvalue weighted by Gasteiger charge is -2.06. The van der Waals surface area contributed by atoms with E-state index >= 15 is 0 Å². The maximum Gasteiger partial charge on any atom is 0.348 e. The van der Waals surface area contributed by atoms with Crippen molar-refractivity contribution < 1.29 is 14.3 Å². The minimum absolute atomic E-state index is 0.0598. The lowest BCUT2D eigenvalue weighted by Crippen LogP contribution is -2.15. The van der Waals surface area contributed by atoms with E-state index in [1.54, 1.807) is 17.5 Å². The number of hydrogen-bond acceptors (Lipinski definition) is 6. The molecule has 2 aromatic heterocycles. The van der Waals surface area contributed by atoms with Crippen molar-refractivity contribution in [2.75, 3.05) is 5.32 Å². The Morgan fingerprint density at radius 1 is 1.23 bits per heavy atom. The van der Waals surface area contributed by atoms with Gasteiger partial charge >= 0.3 is 5.97 Å². The van der Waals surface area contributed by atoms with Crippen LogP contribution in [0.2, 0.25) is 4.34 Å². The molecule has 134 valence electrons. The summed E-state index contributed by atoms with van der Waals surface area (Å²) >= 11 is 8.33. The van der Waals surface area contributed by atoms with Gasteiger partial charge in [0.05, 0.1) is 16.5 Å². The maximum absolute atomic E-state index is 12.2. The summed E-state index contributed by atoms with van der Waals surface area (Å²) < 4.78 is 5.75. The number of amides is 1. The van der Waals surface area contributed by atoms with Crippen molar-refractivity contribution in [2.45, 2.75) is 20.0 Å². The zero-order chi connectivity index (χ0) is 18.5. The molecular weight excluding hydrogens is 392 g/mol. The molecule has 1 amide bonds.